The zero-order chi connectivity index (χ0) is 14.5. The molecule has 106 valence electrons. The van der Waals surface area contributed by atoms with E-state index in [9.17, 15) is 0 Å². The van der Waals surface area contributed by atoms with Crippen LogP contribution in [0, 0.1) is 9.49 Å². The van der Waals surface area contributed by atoms with Crippen LogP contribution in [-0.4, -0.2) is 7.05 Å². The molecule has 0 saturated heterocycles. The summed E-state index contributed by atoms with van der Waals surface area (Å²) in [6, 6.07) is 17.8. The Bertz CT molecular complexity index is 546. The summed E-state index contributed by atoms with van der Waals surface area (Å²) >= 11 is 2.41. The van der Waals surface area contributed by atoms with Crippen LogP contribution < -0.4 is 5.32 Å². The summed E-state index contributed by atoms with van der Waals surface area (Å²) in [6.07, 6.45) is 1.15. The van der Waals surface area contributed by atoms with E-state index >= 15 is 0 Å². The van der Waals surface area contributed by atoms with Crippen molar-refractivity contribution < 1.29 is 0 Å². The van der Waals surface area contributed by atoms with Crippen molar-refractivity contribution in [3.05, 3.63) is 68.8 Å². The van der Waals surface area contributed by atoms with Gasteiger partial charge < -0.3 is 5.32 Å². The first-order valence-corrected chi connectivity index (χ1v) is 8.20. The van der Waals surface area contributed by atoms with Crippen LogP contribution >= 0.6 is 22.6 Å². The van der Waals surface area contributed by atoms with E-state index in [4.69, 9.17) is 0 Å². The first-order valence-electron chi connectivity index (χ1n) is 7.12. The topological polar surface area (TPSA) is 12.0 Å². The van der Waals surface area contributed by atoms with Gasteiger partial charge >= 0.3 is 0 Å². The molecule has 1 N–H and O–H groups in total. The van der Waals surface area contributed by atoms with Crippen molar-refractivity contribution in [2.24, 2.45) is 5.92 Å². The van der Waals surface area contributed by atoms with Gasteiger partial charge in [0.15, 0.2) is 0 Å². The Morgan fingerprint density at radius 3 is 2.20 bits per heavy atom. The molecule has 0 radical (unpaired) electrons. The molecular formula is C18H22IN. The van der Waals surface area contributed by atoms with Crippen molar-refractivity contribution in [3.63, 3.8) is 0 Å². The second kappa shape index (κ2) is 7.23. The normalized spacial score (nSPS) is 12.7. The Morgan fingerprint density at radius 2 is 1.65 bits per heavy atom. The quantitative estimate of drug-likeness (QED) is 0.736. The SMILES string of the molecule is CNC(c1ccc(CC(C)C)cc1)c1ccccc1I. The van der Waals surface area contributed by atoms with Crippen LogP contribution in [0.3, 0.4) is 0 Å². The lowest BCUT2D eigenvalue weighted by Crippen LogP contribution is -2.18. The van der Waals surface area contributed by atoms with Crippen molar-refractivity contribution >= 4 is 22.6 Å². The lowest BCUT2D eigenvalue weighted by molar-refractivity contribution is 0.645. The molecule has 2 aromatic rings. The van der Waals surface area contributed by atoms with Crippen LogP contribution in [0.15, 0.2) is 48.5 Å². The van der Waals surface area contributed by atoms with Gasteiger partial charge in [0.1, 0.15) is 0 Å². The smallest absolute Gasteiger partial charge is 0.0584 e. The van der Waals surface area contributed by atoms with Gasteiger partial charge in [0, 0.05) is 3.57 Å². The molecule has 0 aliphatic rings. The van der Waals surface area contributed by atoms with E-state index in [2.05, 4.69) is 90.3 Å². The summed E-state index contributed by atoms with van der Waals surface area (Å²) in [5.74, 6) is 0.705. The van der Waals surface area contributed by atoms with Crippen LogP contribution in [0.5, 0.6) is 0 Å². The Labute approximate surface area is 135 Å². The fraction of sp³-hybridized carbons (Fsp3) is 0.333. The van der Waals surface area contributed by atoms with E-state index in [-0.39, 0.29) is 6.04 Å². The first kappa shape index (κ1) is 15.5. The van der Waals surface area contributed by atoms with Gasteiger partial charge in [-0.05, 0) is 64.7 Å². The van der Waals surface area contributed by atoms with Gasteiger partial charge in [-0.15, -0.1) is 0 Å². The molecule has 0 heterocycles. The minimum Gasteiger partial charge on any atom is -0.309 e. The highest BCUT2D eigenvalue weighted by molar-refractivity contribution is 14.1. The maximum Gasteiger partial charge on any atom is 0.0584 e. The Morgan fingerprint density at radius 1 is 1.00 bits per heavy atom. The van der Waals surface area contributed by atoms with Gasteiger partial charge in [-0.25, -0.2) is 0 Å². The van der Waals surface area contributed by atoms with E-state index in [1.165, 1.54) is 20.3 Å². The minimum atomic E-state index is 0.260. The predicted molar refractivity (Wildman–Crippen MR) is 95.0 cm³/mol. The number of benzene rings is 2. The van der Waals surface area contributed by atoms with E-state index in [0.717, 1.165) is 6.42 Å². The molecule has 1 atom stereocenters. The molecule has 1 nitrogen and oxygen atoms in total. The average Bonchev–Trinajstić information content (AvgIpc) is 2.43. The molecular weight excluding hydrogens is 357 g/mol. The maximum atomic E-state index is 3.43. The van der Waals surface area contributed by atoms with Crippen molar-refractivity contribution in [1.82, 2.24) is 5.32 Å². The lowest BCUT2D eigenvalue weighted by Gasteiger charge is -2.19. The molecule has 0 aliphatic heterocycles. The van der Waals surface area contributed by atoms with E-state index < -0.39 is 0 Å². The largest absolute Gasteiger partial charge is 0.309 e. The minimum absolute atomic E-state index is 0.260. The van der Waals surface area contributed by atoms with Crippen LogP contribution in [0.4, 0.5) is 0 Å². The monoisotopic (exact) mass is 379 g/mol. The molecule has 0 aromatic heterocycles. The first-order chi connectivity index (χ1) is 9.61. The summed E-state index contributed by atoms with van der Waals surface area (Å²) in [5.41, 5.74) is 4.08. The van der Waals surface area contributed by atoms with Crippen LogP contribution in [0.25, 0.3) is 0 Å². The van der Waals surface area contributed by atoms with Crippen LogP contribution in [-0.2, 0) is 6.42 Å². The molecule has 0 saturated carbocycles. The number of rotatable bonds is 5. The molecule has 2 aromatic carbocycles. The molecule has 1 unspecified atom stereocenters. The average molecular weight is 379 g/mol. The fourth-order valence-electron chi connectivity index (χ4n) is 2.53. The predicted octanol–water partition coefficient (Wildman–Crippen LogP) is 4.80. The Kier molecular flexibility index (Phi) is 5.61. The Balaban J connectivity index is 2.26. The summed E-state index contributed by atoms with van der Waals surface area (Å²) in [5, 5.41) is 3.43. The van der Waals surface area contributed by atoms with Crippen LogP contribution in [0.1, 0.15) is 36.6 Å². The molecule has 0 amide bonds. The second-order valence-corrected chi connectivity index (χ2v) is 6.74. The second-order valence-electron chi connectivity index (χ2n) is 5.58. The third-order valence-corrected chi connectivity index (χ3v) is 4.44. The van der Waals surface area contributed by atoms with Crippen LogP contribution in [0.2, 0.25) is 0 Å². The number of halogens is 1. The summed E-state index contributed by atoms with van der Waals surface area (Å²) in [6.45, 7) is 4.52. The third kappa shape index (κ3) is 3.83. The van der Waals surface area contributed by atoms with E-state index in [0.29, 0.717) is 5.92 Å². The standard InChI is InChI=1S/C18H22IN/c1-13(2)12-14-8-10-15(11-9-14)18(20-3)16-6-4-5-7-17(16)19/h4-11,13,18,20H,12H2,1-3H3. The van der Waals surface area contributed by atoms with E-state index in [1.807, 2.05) is 7.05 Å². The van der Waals surface area contributed by atoms with Gasteiger partial charge in [-0.2, -0.15) is 0 Å². The summed E-state index contributed by atoms with van der Waals surface area (Å²) in [7, 11) is 2.02. The van der Waals surface area contributed by atoms with Crippen molar-refractivity contribution in [2.75, 3.05) is 7.05 Å². The van der Waals surface area contributed by atoms with E-state index in [1.54, 1.807) is 0 Å². The molecule has 2 heteroatoms. The Hall–Kier alpha value is -0.870. The third-order valence-electron chi connectivity index (χ3n) is 3.46. The number of hydrogen-bond donors (Lipinski definition) is 1. The molecule has 2 rings (SSSR count). The molecule has 20 heavy (non-hydrogen) atoms. The molecule has 0 fully saturated rings. The lowest BCUT2D eigenvalue weighted by atomic mass is 9.96. The highest BCUT2D eigenvalue weighted by atomic mass is 127. The van der Waals surface area contributed by atoms with Gasteiger partial charge in [0.25, 0.3) is 0 Å². The van der Waals surface area contributed by atoms with Gasteiger partial charge in [0.05, 0.1) is 6.04 Å². The van der Waals surface area contributed by atoms with Crippen molar-refractivity contribution in [1.29, 1.82) is 0 Å². The number of hydrogen-bond acceptors (Lipinski definition) is 1. The zero-order valence-electron chi connectivity index (χ0n) is 12.4. The summed E-state index contributed by atoms with van der Waals surface area (Å²) in [4.78, 5) is 0. The highest BCUT2D eigenvalue weighted by Crippen LogP contribution is 2.26. The highest BCUT2D eigenvalue weighted by Gasteiger charge is 2.14. The molecule has 0 bridgehead atoms. The zero-order valence-corrected chi connectivity index (χ0v) is 14.5. The summed E-state index contributed by atoms with van der Waals surface area (Å²) < 4.78 is 1.30. The maximum absolute atomic E-state index is 3.43. The molecule has 0 spiro atoms. The van der Waals surface area contributed by atoms with Gasteiger partial charge in [-0.1, -0.05) is 56.3 Å². The van der Waals surface area contributed by atoms with Gasteiger partial charge in [0.2, 0.25) is 0 Å². The molecule has 0 aliphatic carbocycles. The fourth-order valence-corrected chi connectivity index (χ4v) is 3.23. The van der Waals surface area contributed by atoms with Crippen molar-refractivity contribution in [2.45, 2.75) is 26.3 Å². The number of nitrogens with one attached hydrogen (secondary N) is 1. The van der Waals surface area contributed by atoms with Gasteiger partial charge in [-0.3, -0.25) is 0 Å². The van der Waals surface area contributed by atoms with Crippen molar-refractivity contribution in [3.8, 4) is 0 Å².